The first-order chi connectivity index (χ1) is 11.1. The molecule has 5 heteroatoms. The number of carbonyl (C=O) groups excluding carboxylic acids is 1. The van der Waals surface area contributed by atoms with Crippen LogP contribution in [0.15, 0.2) is 42.5 Å². The molecule has 2 N–H and O–H groups in total. The van der Waals surface area contributed by atoms with Gasteiger partial charge in [-0.1, -0.05) is 41.9 Å². The largest absolute Gasteiger partial charge is 0.394 e. The minimum atomic E-state index is -0.329. The van der Waals surface area contributed by atoms with Gasteiger partial charge in [0.25, 0.3) is 0 Å². The molecular formula is C18H19ClN2O2. The molecule has 0 saturated heterocycles. The monoisotopic (exact) mass is 330 g/mol. The number of hydrogen-bond donors (Lipinski definition) is 2. The molecule has 1 atom stereocenters. The van der Waals surface area contributed by atoms with E-state index in [-0.39, 0.29) is 18.7 Å². The van der Waals surface area contributed by atoms with Gasteiger partial charge in [0, 0.05) is 6.54 Å². The average molecular weight is 331 g/mol. The van der Waals surface area contributed by atoms with Crippen LogP contribution < -0.4 is 5.32 Å². The van der Waals surface area contributed by atoms with Crippen molar-refractivity contribution in [2.75, 3.05) is 18.5 Å². The van der Waals surface area contributed by atoms with Gasteiger partial charge in [0.1, 0.15) is 0 Å². The van der Waals surface area contributed by atoms with E-state index in [4.69, 9.17) is 11.6 Å². The van der Waals surface area contributed by atoms with Gasteiger partial charge in [-0.2, -0.15) is 0 Å². The van der Waals surface area contributed by atoms with Gasteiger partial charge in [-0.05, 0) is 42.2 Å². The zero-order chi connectivity index (χ0) is 16.4. The maximum absolute atomic E-state index is 12.6. The first kappa shape index (κ1) is 15.8. The minimum Gasteiger partial charge on any atom is -0.394 e. The Hall–Kier alpha value is -2.04. The van der Waals surface area contributed by atoms with Crippen LogP contribution >= 0.6 is 11.6 Å². The van der Waals surface area contributed by atoms with Gasteiger partial charge in [0.15, 0.2) is 0 Å². The molecule has 0 fully saturated rings. The van der Waals surface area contributed by atoms with Gasteiger partial charge < -0.3 is 15.3 Å². The van der Waals surface area contributed by atoms with Gasteiger partial charge >= 0.3 is 6.03 Å². The van der Waals surface area contributed by atoms with Crippen LogP contribution in [0.4, 0.5) is 10.5 Å². The van der Waals surface area contributed by atoms with Crippen molar-refractivity contribution in [2.24, 2.45) is 0 Å². The second kappa shape index (κ2) is 6.60. The summed E-state index contributed by atoms with van der Waals surface area (Å²) < 4.78 is 0. The zero-order valence-corrected chi connectivity index (χ0v) is 13.7. The number of aryl methyl sites for hydroxylation is 1. The van der Waals surface area contributed by atoms with Crippen molar-refractivity contribution in [1.29, 1.82) is 0 Å². The van der Waals surface area contributed by atoms with Crippen LogP contribution in [0.5, 0.6) is 0 Å². The molecule has 0 radical (unpaired) electrons. The smallest absolute Gasteiger partial charge is 0.322 e. The first-order valence-electron chi connectivity index (χ1n) is 7.62. The summed E-state index contributed by atoms with van der Waals surface area (Å²) in [5.41, 5.74) is 3.81. The Labute approximate surface area is 140 Å². The summed E-state index contributed by atoms with van der Waals surface area (Å²) in [6.07, 6.45) is 0.779. The molecule has 0 saturated carbocycles. The van der Waals surface area contributed by atoms with Crippen LogP contribution in [-0.2, 0) is 6.42 Å². The number of aliphatic hydroxyl groups is 1. The van der Waals surface area contributed by atoms with Crippen molar-refractivity contribution < 1.29 is 9.90 Å². The first-order valence-corrected chi connectivity index (χ1v) is 8.00. The molecule has 1 unspecified atom stereocenters. The topological polar surface area (TPSA) is 52.6 Å². The van der Waals surface area contributed by atoms with Crippen LogP contribution in [0, 0.1) is 6.92 Å². The highest BCUT2D eigenvalue weighted by Gasteiger charge is 2.30. The zero-order valence-electron chi connectivity index (χ0n) is 12.9. The number of benzene rings is 2. The van der Waals surface area contributed by atoms with E-state index in [2.05, 4.69) is 5.32 Å². The molecule has 0 bridgehead atoms. The number of nitrogens with one attached hydrogen (secondary N) is 1. The van der Waals surface area contributed by atoms with E-state index in [1.807, 2.05) is 43.3 Å². The number of carbonyl (C=O) groups is 1. The molecule has 4 nitrogen and oxygen atoms in total. The lowest BCUT2D eigenvalue weighted by molar-refractivity contribution is 0.135. The normalized spacial score (nSPS) is 16.8. The quantitative estimate of drug-likeness (QED) is 0.880. The maximum atomic E-state index is 12.6. The third-order valence-electron chi connectivity index (χ3n) is 4.21. The number of halogens is 1. The molecule has 2 aromatic carbocycles. The van der Waals surface area contributed by atoms with Gasteiger partial charge in [-0.3, -0.25) is 0 Å². The molecule has 3 rings (SSSR count). The fourth-order valence-corrected chi connectivity index (χ4v) is 3.28. The number of rotatable bonds is 2. The van der Waals surface area contributed by atoms with E-state index >= 15 is 0 Å². The Morgan fingerprint density at radius 1 is 1.35 bits per heavy atom. The van der Waals surface area contributed by atoms with E-state index < -0.39 is 0 Å². The van der Waals surface area contributed by atoms with Crippen molar-refractivity contribution in [3.8, 4) is 0 Å². The van der Waals surface area contributed by atoms with Gasteiger partial charge in [0.05, 0.1) is 23.4 Å². The lowest BCUT2D eigenvalue weighted by atomic mass is 9.93. The van der Waals surface area contributed by atoms with Crippen molar-refractivity contribution >= 4 is 23.3 Å². The highest BCUT2D eigenvalue weighted by molar-refractivity contribution is 6.33. The Balaban J connectivity index is 1.82. The second-order valence-electron chi connectivity index (χ2n) is 5.75. The van der Waals surface area contributed by atoms with Crippen LogP contribution in [0.3, 0.4) is 0 Å². The van der Waals surface area contributed by atoms with E-state index in [0.717, 1.165) is 17.5 Å². The maximum Gasteiger partial charge on any atom is 0.322 e. The highest BCUT2D eigenvalue weighted by Crippen LogP contribution is 2.30. The number of urea groups is 1. The molecule has 1 aliphatic rings. The minimum absolute atomic E-state index is 0.105. The van der Waals surface area contributed by atoms with Crippen LogP contribution in [0.25, 0.3) is 0 Å². The number of anilines is 1. The molecular weight excluding hydrogens is 312 g/mol. The molecule has 1 aliphatic heterocycles. The predicted octanol–water partition coefficient (Wildman–Crippen LogP) is 3.77. The molecule has 0 aliphatic carbocycles. The molecule has 2 amide bonds. The van der Waals surface area contributed by atoms with E-state index in [0.29, 0.717) is 17.3 Å². The van der Waals surface area contributed by atoms with Crippen LogP contribution in [0.2, 0.25) is 5.02 Å². The highest BCUT2D eigenvalue weighted by atomic mass is 35.5. The van der Waals surface area contributed by atoms with Crippen LogP contribution in [0.1, 0.15) is 22.7 Å². The number of hydrogen-bond acceptors (Lipinski definition) is 2. The Bertz CT molecular complexity index is 733. The standard InChI is InChI=1S/C18H19ClN2O2/c1-12-6-7-16(15(19)10-12)20-18(23)21-9-8-13-4-2-3-5-14(13)17(21)11-22/h2-7,10,17,22H,8-9,11H2,1H3,(H,20,23). The van der Waals surface area contributed by atoms with Gasteiger partial charge in [0.2, 0.25) is 0 Å². The summed E-state index contributed by atoms with van der Waals surface area (Å²) in [6, 6.07) is 12.9. The third kappa shape index (κ3) is 3.19. The lowest BCUT2D eigenvalue weighted by Crippen LogP contribution is -2.43. The second-order valence-corrected chi connectivity index (χ2v) is 6.16. The van der Waals surface area contributed by atoms with Crippen LogP contribution in [-0.4, -0.2) is 29.2 Å². The SMILES string of the molecule is Cc1ccc(NC(=O)N2CCc3ccccc3C2CO)c(Cl)c1. The van der Waals surface area contributed by atoms with Crippen molar-refractivity contribution in [1.82, 2.24) is 4.90 Å². The summed E-state index contributed by atoms with van der Waals surface area (Å²) in [6.45, 7) is 2.41. The third-order valence-corrected chi connectivity index (χ3v) is 4.53. The van der Waals surface area contributed by atoms with Gasteiger partial charge in [-0.15, -0.1) is 0 Å². The summed E-state index contributed by atoms with van der Waals surface area (Å²) in [5, 5.41) is 13.1. The molecule has 1 heterocycles. The Morgan fingerprint density at radius 2 is 2.13 bits per heavy atom. The van der Waals surface area contributed by atoms with Gasteiger partial charge in [-0.25, -0.2) is 4.79 Å². The van der Waals surface area contributed by atoms with E-state index in [9.17, 15) is 9.90 Å². The predicted molar refractivity (Wildman–Crippen MR) is 91.9 cm³/mol. The summed E-state index contributed by atoms with van der Waals surface area (Å²) in [4.78, 5) is 14.3. The summed E-state index contributed by atoms with van der Waals surface area (Å²) >= 11 is 6.18. The number of amides is 2. The average Bonchev–Trinajstić information content (AvgIpc) is 2.56. The molecule has 0 spiro atoms. The molecule has 120 valence electrons. The van der Waals surface area contributed by atoms with E-state index in [1.54, 1.807) is 11.0 Å². The summed E-state index contributed by atoms with van der Waals surface area (Å²) in [7, 11) is 0. The Kier molecular flexibility index (Phi) is 4.55. The number of fused-ring (bicyclic) bond motifs is 1. The van der Waals surface area contributed by atoms with E-state index in [1.165, 1.54) is 5.56 Å². The molecule has 23 heavy (non-hydrogen) atoms. The fraction of sp³-hybridized carbons (Fsp3) is 0.278. The molecule has 2 aromatic rings. The summed E-state index contributed by atoms with van der Waals surface area (Å²) in [5.74, 6) is 0. The fourth-order valence-electron chi connectivity index (χ4n) is 3.00. The van der Waals surface area contributed by atoms with Crippen molar-refractivity contribution in [2.45, 2.75) is 19.4 Å². The molecule has 0 aromatic heterocycles. The number of nitrogens with zero attached hydrogens (tertiary/aromatic N) is 1. The van der Waals surface area contributed by atoms with Crippen molar-refractivity contribution in [3.63, 3.8) is 0 Å². The Morgan fingerprint density at radius 3 is 2.87 bits per heavy atom. The number of aliphatic hydroxyl groups excluding tert-OH is 1. The van der Waals surface area contributed by atoms with Crippen molar-refractivity contribution in [3.05, 3.63) is 64.2 Å². The lowest BCUT2D eigenvalue weighted by Gasteiger charge is -2.36.